The van der Waals surface area contributed by atoms with E-state index in [2.05, 4.69) is 6.07 Å². The lowest BCUT2D eigenvalue weighted by Gasteiger charge is -2.19. The molecule has 0 radical (unpaired) electrons. The lowest BCUT2D eigenvalue weighted by Crippen LogP contribution is -2.15. The molecule has 1 aromatic carbocycles. The predicted molar refractivity (Wildman–Crippen MR) is 57.5 cm³/mol. The van der Waals surface area contributed by atoms with Gasteiger partial charge in [0.2, 0.25) is 0 Å². The first kappa shape index (κ1) is 10.8. The molecule has 0 saturated carbocycles. The van der Waals surface area contributed by atoms with Crippen LogP contribution < -0.4 is 9.47 Å². The van der Waals surface area contributed by atoms with E-state index in [0.29, 0.717) is 25.4 Å². The Bertz CT molecular complexity index is 411. The van der Waals surface area contributed by atoms with E-state index in [1.165, 1.54) is 0 Å². The van der Waals surface area contributed by atoms with Crippen molar-refractivity contribution in [3.8, 4) is 17.6 Å². The molecule has 4 nitrogen and oxygen atoms in total. The molecule has 1 unspecified atom stereocenters. The summed E-state index contributed by atoms with van der Waals surface area (Å²) in [7, 11) is 0. The highest BCUT2D eigenvalue weighted by atomic mass is 16.6. The van der Waals surface area contributed by atoms with Gasteiger partial charge in [-0.25, -0.2) is 0 Å². The molecule has 0 aromatic heterocycles. The van der Waals surface area contributed by atoms with E-state index < -0.39 is 0 Å². The van der Waals surface area contributed by atoms with Crippen molar-refractivity contribution in [3.05, 3.63) is 23.8 Å². The average Bonchev–Trinajstić information content (AvgIpc) is 2.35. The van der Waals surface area contributed by atoms with Gasteiger partial charge in [-0.15, -0.1) is 0 Å². The normalized spacial score (nSPS) is 15.2. The molecule has 0 spiro atoms. The summed E-state index contributed by atoms with van der Waals surface area (Å²) in [6, 6.07) is 7.64. The first-order valence-corrected chi connectivity index (χ1v) is 5.25. The highest BCUT2D eigenvalue weighted by Gasteiger charge is 2.16. The number of aliphatic hydroxyl groups is 1. The Hall–Kier alpha value is -1.73. The Labute approximate surface area is 94.0 Å². The topological polar surface area (TPSA) is 62.5 Å². The van der Waals surface area contributed by atoms with Crippen LogP contribution in [0.3, 0.4) is 0 Å². The van der Waals surface area contributed by atoms with Crippen molar-refractivity contribution in [2.45, 2.75) is 12.3 Å². The molecule has 0 aliphatic carbocycles. The standard InChI is InChI=1S/C12H13NO3/c13-8-10(3-4-14)9-1-2-11-12(7-9)16-6-5-15-11/h1-2,7,10,14H,3-6H2. The molecule has 0 fully saturated rings. The summed E-state index contributed by atoms with van der Waals surface area (Å²) in [5.74, 6) is 1.11. The number of hydrogen-bond acceptors (Lipinski definition) is 4. The summed E-state index contributed by atoms with van der Waals surface area (Å²) < 4.78 is 10.8. The molecule has 0 saturated heterocycles. The van der Waals surface area contributed by atoms with E-state index in [9.17, 15) is 0 Å². The van der Waals surface area contributed by atoms with Crippen LogP contribution in [-0.2, 0) is 0 Å². The number of nitriles is 1. The van der Waals surface area contributed by atoms with Gasteiger partial charge in [0.05, 0.1) is 12.0 Å². The van der Waals surface area contributed by atoms with Gasteiger partial charge in [-0.05, 0) is 24.1 Å². The first-order chi connectivity index (χ1) is 7.85. The molecule has 1 atom stereocenters. The van der Waals surface area contributed by atoms with Crippen LogP contribution in [0.1, 0.15) is 17.9 Å². The molecule has 1 N–H and O–H groups in total. The van der Waals surface area contributed by atoms with Gasteiger partial charge < -0.3 is 14.6 Å². The number of rotatable bonds is 3. The van der Waals surface area contributed by atoms with Crippen molar-refractivity contribution in [1.82, 2.24) is 0 Å². The minimum Gasteiger partial charge on any atom is -0.486 e. The predicted octanol–water partition coefficient (Wildman–Crippen LogP) is 1.45. The molecule has 4 heteroatoms. The lowest BCUT2D eigenvalue weighted by molar-refractivity contribution is 0.171. The second-order valence-corrected chi connectivity index (χ2v) is 3.60. The fraction of sp³-hybridized carbons (Fsp3) is 0.417. The van der Waals surface area contributed by atoms with Crippen LogP contribution in [0, 0.1) is 11.3 Å². The Balaban J connectivity index is 2.25. The van der Waals surface area contributed by atoms with E-state index >= 15 is 0 Å². The molecule has 1 heterocycles. The van der Waals surface area contributed by atoms with Gasteiger partial charge in [0, 0.05) is 6.61 Å². The van der Waals surface area contributed by atoms with Gasteiger partial charge in [0.1, 0.15) is 13.2 Å². The van der Waals surface area contributed by atoms with Crippen molar-refractivity contribution in [1.29, 1.82) is 5.26 Å². The quantitative estimate of drug-likeness (QED) is 0.835. The zero-order valence-electron chi connectivity index (χ0n) is 8.85. The van der Waals surface area contributed by atoms with Crippen LogP contribution >= 0.6 is 0 Å². The smallest absolute Gasteiger partial charge is 0.161 e. The first-order valence-electron chi connectivity index (χ1n) is 5.25. The molecule has 0 bridgehead atoms. The SMILES string of the molecule is N#CC(CCO)c1ccc2c(c1)OCCO2. The van der Waals surface area contributed by atoms with Crippen molar-refractivity contribution in [3.63, 3.8) is 0 Å². The van der Waals surface area contributed by atoms with Crippen LogP contribution in [0.4, 0.5) is 0 Å². The second-order valence-electron chi connectivity index (χ2n) is 3.60. The summed E-state index contributed by atoms with van der Waals surface area (Å²) in [4.78, 5) is 0. The molecule has 1 aliphatic rings. The summed E-state index contributed by atoms with van der Waals surface area (Å²) in [6.07, 6.45) is 0.441. The number of hydrogen-bond donors (Lipinski definition) is 1. The summed E-state index contributed by atoms with van der Waals surface area (Å²) >= 11 is 0. The fourth-order valence-corrected chi connectivity index (χ4v) is 1.71. The highest BCUT2D eigenvalue weighted by molar-refractivity contribution is 5.45. The van der Waals surface area contributed by atoms with Crippen molar-refractivity contribution in [2.75, 3.05) is 19.8 Å². The van der Waals surface area contributed by atoms with Crippen LogP contribution in [0.25, 0.3) is 0 Å². The zero-order valence-corrected chi connectivity index (χ0v) is 8.85. The number of ether oxygens (including phenoxy) is 2. The van der Waals surface area contributed by atoms with E-state index in [1.54, 1.807) is 0 Å². The van der Waals surface area contributed by atoms with Gasteiger partial charge in [-0.2, -0.15) is 5.26 Å². The Morgan fingerprint density at radius 3 is 2.75 bits per heavy atom. The van der Waals surface area contributed by atoms with Gasteiger partial charge in [-0.1, -0.05) is 6.07 Å². The van der Waals surface area contributed by atoms with Crippen molar-refractivity contribution < 1.29 is 14.6 Å². The van der Waals surface area contributed by atoms with Crippen molar-refractivity contribution >= 4 is 0 Å². The summed E-state index contributed by atoms with van der Waals surface area (Å²) in [5.41, 5.74) is 0.862. The number of nitrogens with zero attached hydrogens (tertiary/aromatic N) is 1. The maximum Gasteiger partial charge on any atom is 0.161 e. The van der Waals surface area contributed by atoms with Crippen LogP contribution in [0.2, 0.25) is 0 Å². The van der Waals surface area contributed by atoms with Crippen LogP contribution in [0.15, 0.2) is 18.2 Å². The number of aliphatic hydroxyl groups excluding tert-OH is 1. The molecule has 0 amide bonds. The van der Waals surface area contributed by atoms with Gasteiger partial charge in [0.15, 0.2) is 11.5 Å². The molecule has 1 aliphatic heterocycles. The van der Waals surface area contributed by atoms with E-state index in [-0.39, 0.29) is 12.5 Å². The maximum absolute atomic E-state index is 8.98. The van der Waals surface area contributed by atoms with E-state index in [1.807, 2.05) is 18.2 Å². The van der Waals surface area contributed by atoms with Gasteiger partial charge in [-0.3, -0.25) is 0 Å². The minimum absolute atomic E-state index is 0.00662. The number of fused-ring (bicyclic) bond motifs is 1. The van der Waals surface area contributed by atoms with Gasteiger partial charge in [0.25, 0.3) is 0 Å². The third-order valence-corrected chi connectivity index (χ3v) is 2.54. The van der Waals surface area contributed by atoms with E-state index in [4.69, 9.17) is 19.8 Å². The Kier molecular flexibility index (Phi) is 3.28. The fourth-order valence-electron chi connectivity index (χ4n) is 1.71. The van der Waals surface area contributed by atoms with Crippen LogP contribution in [0.5, 0.6) is 11.5 Å². The summed E-state index contributed by atoms with van der Waals surface area (Å²) in [6.45, 7) is 1.10. The monoisotopic (exact) mass is 219 g/mol. The number of benzene rings is 1. The second kappa shape index (κ2) is 4.86. The molecule has 1 aromatic rings. The molecule has 84 valence electrons. The third-order valence-electron chi connectivity index (χ3n) is 2.54. The van der Waals surface area contributed by atoms with Crippen LogP contribution in [-0.4, -0.2) is 24.9 Å². The highest BCUT2D eigenvalue weighted by Crippen LogP contribution is 2.33. The Morgan fingerprint density at radius 1 is 1.31 bits per heavy atom. The average molecular weight is 219 g/mol. The van der Waals surface area contributed by atoms with Crippen molar-refractivity contribution in [2.24, 2.45) is 0 Å². The molecule has 16 heavy (non-hydrogen) atoms. The Morgan fingerprint density at radius 2 is 2.06 bits per heavy atom. The maximum atomic E-state index is 8.98. The van der Waals surface area contributed by atoms with E-state index in [0.717, 1.165) is 11.3 Å². The zero-order chi connectivity index (χ0) is 11.4. The molecular weight excluding hydrogens is 206 g/mol. The largest absolute Gasteiger partial charge is 0.486 e. The minimum atomic E-state index is -0.291. The molecular formula is C12H13NO3. The molecule has 2 rings (SSSR count). The summed E-state index contributed by atoms with van der Waals surface area (Å²) in [5, 5.41) is 17.8. The third kappa shape index (κ3) is 2.10. The lowest BCUT2D eigenvalue weighted by atomic mass is 9.97. The van der Waals surface area contributed by atoms with Gasteiger partial charge >= 0.3 is 0 Å².